The topological polar surface area (TPSA) is 78.9 Å². The zero-order chi connectivity index (χ0) is 17.6. The van der Waals surface area contributed by atoms with E-state index < -0.39 is 0 Å². The lowest BCUT2D eigenvalue weighted by atomic mass is 10.3. The number of carbonyl (C=O) groups is 2. The summed E-state index contributed by atoms with van der Waals surface area (Å²) in [4.78, 5) is 38.8. The van der Waals surface area contributed by atoms with Crippen LogP contribution in [-0.2, 0) is 14.3 Å². The van der Waals surface area contributed by atoms with Crippen molar-refractivity contribution in [2.45, 2.75) is 5.25 Å². The van der Waals surface area contributed by atoms with Crippen LogP contribution in [0.5, 0.6) is 0 Å². The molecule has 1 aromatic rings. The number of ether oxygens (including phenoxy) is 1. The first-order chi connectivity index (χ1) is 12.2. The lowest BCUT2D eigenvalue weighted by Crippen LogP contribution is -2.52. The Morgan fingerprint density at radius 2 is 1.92 bits per heavy atom. The highest BCUT2D eigenvalue weighted by Crippen LogP contribution is 2.20. The van der Waals surface area contributed by atoms with Gasteiger partial charge in [0.2, 0.25) is 11.9 Å². The van der Waals surface area contributed by atoms with Crippen molar-refractivity contribution < 1.29 is 14.3 Å². The minimum Gasteiger partial charge on any atom is -0.468 e. The maximum Gasteiger partial charge on any atom is 0.320 e. The first-order valence-electron chi connectivity index (χ1n) is 8.39. The number of rotatable bonds is 4. The van der Waals surface area contributed by atoms with E-state index in [1.165, 1.54) is 7.11 Å². The van der Waals surface area contributed by atoms with Gasteiger partial charge in [0.05, 0.1) is 13.7 Å². The number of carbonyl (C=O) groups excluding carboxylic acids is 2. The van der Waals surface area contributed by atoms with Crippen molar-refractivity contribution in [3.05, 3.63) is 18.5 Å². The Balaban J connectivity index is 1.47. The number of methoxy groups -OCH3 is 1. The third kappa shape index (κ3) is 4.60. The summed E-state index contributed by atoms with van der Waals surface area (Å²) < 4.78 is 4.80. The number of anilines is 1. The summed E-state index contributed by atoms with van der Waals surface area (Å²) in [5.74, 6) is 1.34. The van der Waals surface area contributed by atoms with Crippen LogP contribution < -0.4 is 4.90 Å². The van der Waals surface area contributed by atoms with E-state index >= 15 is 0 Å². The second kappa shape index (κ2) is 8.48. The van der Waals surface area contributed by atoms with E-state index in [9.17, 15) is 9.59 Å². The van der Waals surface area contributed by atoms with Crippen molar-refractivity contribution in [1.82, 2.24) is 19.8 Å². The first-order valence-corrected chi connectivity index (χ1v) is 9.44. The molecule has 9 heteroatoms. The molecule has 0 aliphatic carbocycles. The van der Waals surface area contributed by atoms with Gasteiger partial charge in [0, 0.05) is 57.4 Å². The summed E-state index contributed by atoms with van der Waals surface area (Å²) in [5, 5.41) is -0.269. The van der Waals surface area contributed by atoms with Gasteiger partial charge in [0.25, 0.3) is 0 Å². The van der Waals surface area contributed by atoms with Crippen molar-refractivity contribution >= 4 is 29.6 Å². The number of aromatic nitrogens is 2. The number of hydrogen-bond acceptors (Lipinski definition) is 8. The Morgan fingerprint density at radius 3 is 2.60 bits per heavy atom. The van der Waals surface area contributed by atoms with Gasteiger partial charge in [-0.2, -0.15) is 0 Å². The van der Waals surface area contributed by atoms with Crippen molar-refractivity contribution in [3.8, 4) is 0 Å². The molecule has 0 spiro atoms. The highest BCUT2D eigenvalue weighted by molar-refractivity contribution is 8.00. The molecule has 0 saturated carbocycles. The molecule has 2 aliphatic heterocycles. The van der Waals surface area contributed by atoms with Gasteiger partial charge < -0.3 is 14.5 Å². The molecule has 0 N–H and O–H groups in total. The van der Waals surface area contributed by atoms with Gasteiger partial charge in [-0.3, -0.25) is 14.5 Å². The predicted octanol–water partition coefficient (Wildman–Crippen LogP) is -0.284. The van der Waals surface area contributed by atoms with Crippen molar-refractivity contribution in [2.24, 2.45) is 0 Å². The predicted molar refractivity (Wildman–Crippen MR) is 95.5 cm³/mol. The van der Waals surface area contributed by atoms with Crippen LogP contribution in [0.25, 0.3) is 0 Å². The third-order valence-electron chi connectivity index (χ3n) is 4.45. The average Bonchev–Trinajstić information content (AvgIpc) is 2.68. The quantitative estimate of drug-likeness (QED) is 0.674. The molecule has 1 atom stereocenters. The van der Waals surface area contributed by atoms with Crippen LogP contribution in [0.1, 0.15) is 0 Å². The van der Waals surface area contributed by atoms with E-state index in [-0.39, 0.29) is 17.1 Å². The smallest absolute Gasteiger partial charge is 0.320 e. The normalized spacial score (nSPS) is 21.9. The van der Waals surface area contributed by atoms with Crippen molar-refractivity contribution in [2.75, 3.05) is 63.6 Å². The van der Waals surface area contributed by atoms with Crippen LogP contribution in [0.15, 0.2) is 18.5 Å². The van der Waals surface area contributed by atoms with Crippen LogP contribution in [0.3, 0.4) is 0 Å². The molecule has 0 unspecified atom stereocenters. The molecule has 0 radical (unpaired) electrons. The SMILES string of the molecule is COC(=O)[C@H]1CN(C(=O)CN2CCN(c3ncccn3)CC2)CCS1. The number of hydrogen-bond donors (Lipinski definition) is 0. The van der Waals surface area contributed by atoms with Crippen LogP contribution in [0, 0.1) is 0 Å². The molecule has 2 saturated heterocycles. The Morgan fingerprint density at radius 1 is 1.20 bits per heavy atom. The van der Waals surface area contributed by atoms with Gasteiger partial charge in [-0.15, -0.1) is 11.8 Å². The second-order valence-electron chi connectivity index (χ2n) is 6.03. The Bertz CT molecular complexity index is 595. The molecule has 1 amide bonds. The summed E-state index contributed by atoms with van der Waals surface area (Å²) in [5.41, 5.74) is 0. The summed E-state index contributed by atoms with van der Waals surface area (Å²) in [7, 11) is 1.39. The standard InChI is InChI=1S/C16H23N5O3S/c1-24-15(23)13-11-21(9-10-25-13)14(22)12-19-5-7-20(8-6-19)16-17-3-2-4-18-16/h2-4,13H,5-12H2,1H3/t13-/m1/s1. The van der Waals surface area contributed by atoms with Gasteiger partial charge in [-0.1, -0.05) is 0 Å². The summed E-state index contributed by atoms with van der Waals surface area (Å²) in [6.07, 6.45) is 3.48. The average molecular weight is 365 g/mol. The molecule has 25 heavy (non-hydrogen) atoms. The molecule has 2 aliphatic rings. The second-order valence-corrected chi connectivity index (χ2v) is 7.34. The van der Waals surface area contributed by atoms with E-state index in [4.69, 9.17) is 4.74 Å². The molecular formula is C16H23N5O3S. The monoisotopic (exact) mass is 365 g/mol. The lowest BCUT2D eigenvalue weighted by Gasteiger charge is -2.36. The number of esters is 1. The molecule has 2 fully saturated rings. The van der Waals surface area contributed by atoms with Crippen LogP contribution in [0.4, 0.5) is 5.95 Å². The highest BCUT2D eigenvalue weighted by Gasteiger charge is 2.30. The Kier molecular flexibility index (Phi) is 6.09. The van der Waals surface area contributed by atoms with Crippen LogP contribution in [0.2, 0.25) is 0 Å². The Hall–Kier alpha value is -1.87. The van der Waals surface area contributed by atoms with E-state index in [0.29, 0.717) is 19.6 Å². The van der Waals surface area contributed by atoms with Gasteiger partial charge >= 0.3 is 5.97 Å². The molecule has 8 nitrogen and oxygen atoms in total. The van der Waals surface area contributed by atoms with Crippen LogP contribution in [-0.4, -0.2) is 95.6 Å². The molecule has 3 rings (SSSR count). The van der Waals surface area contributed by atoms with E-state index in [0.717, 1.165) is 37.9 Å². The molecule has 1 aromatic heterocycles. The minimum atomic E-state index is -0.269. The Labute approximate surface area is 151 Å². The number of nitrogens with zero attached hydrogens (tertiary/aromatic N) is 5. The van der Waals surface area contributed by atoms with Gasteiger partial charge in [0.15, 0.2) is 0 Å². The van der Waals surface area contributed by atoms with E-state index in [1.807, 2.05) is 0 Å². The number of thioether (sulfide) groups is 1. The molecule has 136 valence electrons. The summed E-state index contributed by atoms with van der Waals surface area (Å²) in [6.45, 7) is 4.72. The van der Waals surface area contributed by atoms with Crippen LogP contribution >= 0.6 is 11.8 Å². The maximum absolute atomic E-state index is 12.6. The lowest BCUT2D eigenvalue weighted by molar-refractivity contribution is -0.141. The molecular weight excluding hydrogens is 342 g/mol. The van der Waals surface area contributed by atoms with Gasteiger partial charge in [-0.05, 0) is 6.07 Å². The highest BCUT2D eigenvalue weighted by atomic mass is 32.2. The first kappa shape index (κ1) is 17.9. The molecule has 0 bridgehead atoms. The van der Waals surface area contributed by atoms with Crippen molar-refractivity contribution in [1.29, 1.82) is 0 Å². The third-order valence-corrected chi connectivity index (χ3v) is 5.61. The zero-order valence-corrected chi connectivity index (χ0v) is 15.2. The fourth-order valence-electron chi connectivity index (χ4n) is 3.00. The largest absolute Gasteiger partial charge is 0.468 e. The fourth-order valence-corrected chi connectivity index (χ4v) is 4.13. The van der Waals surface area contributed by atoms with E-state index in [2.05, 4.69) is 19.8 Å². The van der Waals surface area contributed by atoms with Gasteiger partial charge in [0.1, 0.15) is 5.25 Å². The minimum absolute atomic E-state index is 0.0821. The molecule has 0 aromatic carbocycles. The zero-order valence-electron chi connectivity index (χ0n) is 14.3. The van der Waals surface area contributed by atoms with Crippen molar-refractivity contribution in [3.63, 3.8) is 0 Å². The number of piperazine rings is 1. The summed E-state index contributed by atoms with van der Waals surface area (Å²) >= 11 is 1.56. The number of amides is 1. The summed E-state index contributed by atoms with van der Waals surface area (Å²) in [6, 6.07) is 1.80. The van der Waals surface area contributed by atoms with Gasteiger partial charge in [-0.25, -0.2) is 9.97 Å². The maximum atomic E-state index is 12.6. The fraction of sp³-hybridized carbons (Fsp3) is 0.625. The van der Waals surface area contributed by atoms with E-state index in [1.54, 1.807) is 35.1 Å². The molecule has 3 heterocycles.